The molecule has 9 heteroatoms. The number of aryl methyl sites for hydroxylation is 1. The Hall–Kier alpha value is -3.49. The average Bonchev–Trinajstić information content (AvgIpc) is 3.29. The molecule has 1 N–H and O–H groups in total. The molecule has 0 aromatic heterocycles. The van der Waals surface area contributed by atoms with Crippen molar-refractivity contribution >= 4 is 40.1 Å². The molecular formula is C25H19ClN4O3S. The van der Waals surface area contributed by atoms with E-state index in [-0.39, 0.29) is 12.7 Å². The Labute approximate surface area is 204 Å². The number of hydrogen-bond acceptors (Lipinski definition) is 7. The summed E-state index contributed by atoms with van der Waals surface area (Å²) in [5.74, 6) is 1.62. The van der Waals surface area contributed by atoms with Gasteiger partial charge in [-0.2, -0.15) is 0 Å². The van der Waals surface area contributed by atoms with Crippen LogP contribution in [0.2, 0.25) is 5.02 Å². The molecule has 0 unspecified atom stereocenters. The highest BCUT2D eigenvalue weighted by molar-refractivity contribution is 8.13. The molecule has 6 rings (SSSR count). The van der Waals surface area contributed by atoms with E-state index in [4.69, 9.17) is 31.2 Å². The van der Waals surface area contributed by atoms with Crippen LogP contribution in [-0.2, 0) is 10.5 Å². The van der Waals surface area contributed by atoms with Gasteiger partial charge >= 0.3 is 0 Å². The van der Waals surface area contributed by atoms with Crippen molar-refractivity contribution in [3.05, 3.63) is 93.0 Å². The SMILES string of the molecule is Cc1ccc(CSC2=NN3C(=c4ccccc4=N[C@H]3c3cc4c(cc3Cl)OCO4)C(=O)N2)cc1. The van der Waals surface area contributed by atoms with Crippen molar-refractivity contribution in [1.29, 1.82) is 0 Å². The number of rotatable bonds is 3. The lowest BCUT2D eigenvalue weighted by atomic mass is 10.1. The van der Waals surface area contributed by atoms with Crippen LogP contribution in [0.4, 0.5) is 0 Å². The van der Waals surface area contributed by atoms with Crippen LogP contribution in [0.25, 0.3) is 5.70 Å². The summed E-state index contributed by atoms with van der Waals surface area (Å²) in [6.07, 6.45) is -0.632. The van der Waals surface area contributed by atoms with E-state index >= 15 is 0 Å². The van der Waals surface area contributed by atoms with E-state index in [2.05, 4.69) is 36.5 Å². The van der Waals surface area contributed by atoms with Gasteiger partial charge in [0.1, 0.15) is 5.70 Å². The van der Waals surface area contributed by atoms with Gasteiger partial charge in [0.15, 0.2) is 22.8 Å². The zero-order chi connectivity index (χ0) is 23.2. The molecule has 34 heavy (non-hydrogen) atoms. The van der Waals surface area contributed by atoms with Gasteiger partial charge < -0.3 is 9.47 Å². The highest BCUT2D eigenvalue weighted by Crippen LogP contribution is 2.42. The predicted molar refractivity (Wildman–Crippen MR) is 131 cm³/mol. The number of ether oxygens (including phenoxy) is 2. The van der Waals surface area contributed by atoms with Gasteiger partial charge in [-0.15, -0.1) is 5.10 Å². The van der Waals surface area contributed by atoms with Crippen molar-refractivity contribution in [2.24, 2.45) is 10.1 Å². The van der Waals surface area contributed by atoms with E-state index in [1.807, 2.05) is 30.3 Å². The summed E-state index contributed by atoms with van der Waals surface area (Å²) in [5, 5.41) is 11.8. The first-order chi connectivity index (χ1) is 16.6. The molecule has 0 spiro atoms. The van der Waals surface area contributed by atoms with Crippen LogP contribution in [-0.4, -0.2) is 22.9 Å². The van der Waals surface area contributed by atoms with E-state index < -0.39 is 6.17 Å². The number of hydrazone groups is 1. The Morgan fingerprint density at radius 1 is 1.12 bits per heavy atom. The summed E-state index contributed by atoms with van der Waals surface area (Å²) in [6, 6.07) is 19.4. The van der Waals surface area contributed by atoms with Crippen LogP contribution in [0.5, 0.6) is 11.5 Å². The van der Waals surface area contributed by atoms with Gasteiger partial charge in [0.25, 0.3) is 5.91 Å². The van der Waals surface area contributed by atoms with Crippen LogP contribution < -0.4 is 25.4 Å². The number of amidine groups is 1. The van der Waals surface area contributed by atoms with Crippen molar-refractivity contribution in [2.75, 3.05) is 6.79 Å². The second-order valence-electron chi connectivity index (χ2n) is 8.07. The van der Waals surface area contributed by atoms with E-state index in [0.717, 1.165) is 10.8 Å². The maximum atomic E-state index is 13.3. The number of para-hydroxylation sites is 1. The Balaban J connectivity index is 1.43. The number of halogens is 1. The normalized spacial score (nSPS) is 18.0. The minimum Gasteiger partial charge on any atom is -0.454 e. The number of amides is 1. The number of nitrogens with one attached hydrogen (secondary N) is 1. The van der Waals surface area contributed by atoms with Gasteiger partial charge in [-0.25, -0.2) is 5.01 Å². The lowest BCUT2D eigenvalue weighted by Crippen LogP contribution is -2.50. The molecule has 0 aliphatic carbocycles. The topological polar surface area (TPSA) is 75.5 Å². The molecule has 3 heterocycles. The molecule has 170 valence electrons. The fourth-order valence-electron chi connectivity index (χ4n) is 4.06. The van der Waals surface area contributed by atoms with Gasteiger partial charge in [-0.05, 0) is 24.6 Å². The summed E-state index contributed by atoms with van der Waals surface area (Å²) >= 11 is 8.10. The highest BCUT2D eigenvalue weighted by atomic mass is 35.5. The maximum Gasteiger partial charge on any atom is 0.276 e. The quantitative estimate of drug-likeness (QED) is 0.608. The summed E-state index contributed by atoms with van der Waals surface area (Å²) in [7, 11) is 0. The van der Waals surface area contributed by atoms with Gasteiger partial charge in [0, 0.05) is 22.6 Å². The smallest absolute Gasteiger partial charge is 0.276 e. The molecule has 1 amide bonds. The fourth-order valence-corrected chi connectivity index (χ4v) is 5.12. The van der Waals surface area contributed by atoms with E-state index in [1.165, 1.54) is 17.3 Å². The number of carbonyl (C=O) groups is 1. The third-order valence-corrected chi connectivity index (χ3v) is 7.04. The fraction of sp³-hybridized carbons (Fsp3) is 0.160. The Bertz CT molecular complexity index is 1470. The molecule has 0 saturated carbocycles. The summed E-state index contributed by atoms with van der Waals surface area (Å²) in [5.41, 5.74) is 3.46. The molecule has 0 bridgehead atoms. The minimum atomic E-state index is -0.632. The molecule has 3 aromatic rings. The molecule has 3 aromatic carbocycles. The largest absolute Gasteiger partial charge is 0.454 e. The molecule has 0 fully saturated rings. The molecule has 0 saturated heterocycles. The zero-order valence-electron chi connectivity index (χ0n) is 18.1. The van der Waals surface area contributed by atoms with Crippen LogP contribution in [0.3, 0.4) is 0 Å². The predicted octanol–water partition coefficient (Wildman–Crippen LogP) is 3.45. The van der Waals surface area contributed by atoms with E-state index in [1.54, 1.807) is 11.1 Å². The van der Waals surface area contributed by atoms with Crippen molar-refractivity contribution in [2.45, 2.75) is 18.8 Å². The minimum absolute atomic E-state index is 0.140. The van der Waals surface area contributed by atoms with Crippen LogP contribution in [0, 0.1) is 6.92 Å². The third-order valence-electron chi connectivity index (χ3n) is 5.78. The molecule has 3 aliphatic rings. The highest BCUT2D eigenvalue weighted by Gasteiger charge is 2.36. The first kappa shape index (κ1) is 21.1. The summed E-state index contributed by atoms with van der Waals surface area (Å²) < 4.78 is 11.0. The van der Waals surface area contributed by atoms with Crippen LogP contribution in [0.15, 0.2) is 70.8 Å². The zero-order valence-corrected chi connectivity index (χ0v) is 19.7. The molecule has 0 radical (unpaired) electrons. The Kier molecular flexibility index (Phi) is 5.19. The van der Waals surface area contributed by atoms with E-state index in [9.17, 15) is 4.79 Å². The Morgan fingerprint density at radius 2 is 1.88 bits per heavy atom. The maximum absolute atomic E-state index is 13.3. The van der Waals surface area contributed by atoms with Crippen LogP contribution >= 0.6 is 23.4 Å². The average molecular weight is 491 g/mol. The number of benzene rings is 3. The number of fused-ring (bicyclic) bond motifs is 3. The number of thioether (sulfide) groups is 1. The molecule has 3 aliphatic heterocycles. The van der Waals surface area contributed by atoms with Gasteiger partial charge in [0.2, 0.25) is 6.79 Å². The summed E-state index contributed by atoms with van der Waals surface area (Å²) in [4.78, 5) is 18.2. The lowest BCUT2D eigenvalue weighted by Gasteiger charge is -2.34. The first-order valence-electron chi connectivity index (χ1n) is 10.7. The van der Waals surface area contributed by atoms with Crippen LogP contribution in [0.1, 0.15) is 22.9 Å². The third kappa shape index (κ3) is 3.69. The molecular weight excluding hydrogens is 472 g/mol. The van der Waals surface area contributed by atoms with Crippen molar-refractivity contribution in [3.8, 4) is 11.5 Å². The second-order valence-corrected chi connectivity index (χ2v) is 9.44. The monoisotopic (exact) mass is 490 g/mol. The molecule has 1 atom stereocenters. The Morgan fingerprint density at radius 3 is 2.71 bits per heavy atom. The van der Waals surface area contributed by atoms with E-state index in [0.29, 0.717) is 44.1 Å². The van der Waals surface area contributed by atoms with Crippen molar-refractivity contribution in [1.82, 2.24) is 10.3 Å². The number of hydrogen-bond donors (Lipinski definition) is 1. The van der Waals surface area contributed by atoms with Crippen molar-refractivity contribution < 1.29 is 14.3 Å². The van der Waals surface area contributed by atoms with Gasteiger partial charge in [0.05, 0.1) is 10.4 Å². The number of carbonyl (C=O) groups excluding carboxylic acids is 1. The van der Waals surface area contributed by atoms with Gasteiger partial charge in [-0.3, -0.25) is 15.1 Å². The first-order valence-corrected chi connectivity index (χ1v) is 12.1. The standard InChI is InChI=1S/C25H19ClN4O3S/c1-14-6-8-15(9-7-14)12-34-25-28-24(31)22-16-4-2-3-5-19(16)27-23(30(22)29-25)17-10-20-21(11-18(17)26)33-13-32-20/h2-11,23H,12-13H2,1H3,(H,28,29,31)/t23-/m1/s1. The summed E-state index contributed by atoms with van der Waals surface area (Å²) in [6.45, 7) is 2.19. The lowest BCUT2D eigenvalue weighted by molar-refractivity contribution is -0.116. The second kappa shape index (κ2) is 8.38. The molecule has 7 nitrogen and oxygen atoms in total. The van der Waals surface area contributed by atoms with Gasteiger partial charge in [-0.1, -0.05) is 71.4 Å². The number of nitrogens with zero attached hydrogens (tertiary/aromatic N) is 3. The van der Waals surface area contributed by atoms with Crippen molar-refractivity contribution in [3.63, 3.8) is 0 Å².